The zero-order chi connectivity index (χ0) is 12.2. The van der Waals surface area contributed by atoms with Crippen LogP contribution in [0.2, 0.25) is 0 Å². The van der Waals surface area contributed by atoms with Crippen LogP contribution in [0.3, 0.4) is 0 Å². The fourth-order valence-electron chi connectivity index (χ4n) is 1.20. The van der Waals surface area contributed by atoms with Crippen molar-refractivity contribution in [3.05, 3.63) is 28.5 Å². The quantitative estimate of drug-likeness (QED) is 0.859. The van der Waals surface area contributed by atoms with Gasteiger partial charge in [-0.05, 0) is 41.4 Å². The van der Waals surface area contributed by atoms with E-state index in [2.05, 4.69) is 26.2 Å². The number of aromatic nitrogens is 1. The van der Waals surface area contributed by atoms with Crippen LogP contribution < -0.4 is 5.32 Å². The maximum absolute atomic E-state index is 11.4. The van der Waals surface area contributed by atoms with Crippen LogP contribution in [0.5, 0.6) is 0 Å². The highest BCUT2D eigenvalue weighted by Crippen LogP contribution is 2.11. The van der Waals surface area contributed by atoms with Crippen LogP contribution in [0.1, 0.15) is 19.4 Å². The highest BCUT2D eigenvalue weighted by molar-refractivity contribution is 9.10. The van der Waals surface area contributed by atoms with E-state index < -0.39 is 5.54 Å². The molecule has 1 heterocycles. The summed E-state index contributed by atoms with van der Waals surface area (Å²) in [5, 5.41) is 3.12. The molecule has 0 spiro atoms. The Labute approximate surface area is 104 Å². The summed E-state index contributed by atoms with van der Waals surface area (Å²) < 4.78 is 5.62. The number of halogens is 1. The maximum Gasteiger partial charge on any atom is 0.325 e. The number of ether oxygens (including phenoxy) is 1. The number of nitrogens with zero attached hydrogens (tertiary/aromatic N) is 1. The fraction of sp³-hybridized carbons (Fsp3) is 0.455. The lowest BCUT2D eigenvalue weighted by Crippen LogP contribution is -2.46. The molecular formula is C11H15BrN2O2. The first kappa shape index (κ1) is 13.1. The first-order chi connectivity index (χ1) is 7.45. The van der Waals surface area contributed by atoms with E-state index in [1.807, 2.05) is 6.07 Å². The third-order valence-electron chi connectivity index (χ3n) is 2.19. The molecular weight excluding hydrogens is 272 g/mol. The van der Waals surface area contributed by atoms with Crippen LogP contribution in [0.4, 0.5) is 0 Å². The fourth-order valence-corrected chi connectivity index (χ4v) is 1.62. The van der Waals surface area contributed by atoms with E-state index in [9.17, 15) is 4.79 Å². The Hall–Kier alpha value is -0.940. The maximum atomic E-state index is 11.4. The van der Waals surface area contributed by atoms with Gasteiger partial charge in [0.1, 0.15) is 5.54 Å². The number of esters is 1. The van der Waals surface area contributed by atoms with Gasteiger partial charge in [-0.25, -0.2) is 0 Å². The first-order valence-electron chi connectivity index (χ1n) is 4.88. The third-order valence-corrected chi connectivity index (χ3v) is 2.63. The molecule has 0 fully saturated rings. The molecule has 4 nitrogen and oxygen atoms in total. The smallest absolute Gasteiger partial charge is 0.325 e. The van der Waals surface area contributed by atoms with Crippen molar-refractivity contribution in [1.29, 1.82) is 0 Å². The van der Waals surface area contributed by atoms with Gasteiger partial charge in [0, 0.05) is 23.4 Å². The number of rotatable bonds is 4. The van der Waals surface area contributed by atoms with Crippen molar-refractivity contribution in [1.82, 2.24) is 10.3 Å². The summed E-state index contributed by atoms with van der Waals surface area (Å²) >= 11 is 3.34. The van der Waals surface area contributed by atoms with Crippen LogP contribution >= 0.6 is 15.9 Å². The molecule has 0 unspecified atom stereocenters. The molecule has 16 heavy (non-hydrogen) atoms. The molecule has 1 aromatic heterocycles. The second kappa shape index (κ2) is 5.41. The summed E-state index contributed by atoms with van der Waals surface area (Å²) in [5.41, 5.74) is 0.309. The molecule has 0 aliphatic carbocycles. The van der Waals surface area contributed by atoms with Gasteiger partial charge in [0.15, 0.2) is 0 Å². The van der Waals surface area contributed by atoms with Gasteiger partial charge in [0.2, 0.25) is 0 Å². The molecule has 5 heteroatoms. The van der Waals surface area contributed by atoms with Gasteiger partial charge >= 0.3 is 5.97 Å². The number of nitrogens with one attached hydrogen (secondary N) is 1. The summed E-state index contributed by atoms with van der Waals surface area (Å²) in [6, 6.07) is 1.95. The minimum absolute atomic E-state index is 0.282. The van der Waals surface area contributed by atoms with E-state index in [1.54, 1.807) is 26.2 Å². The van der Waals surface area contributed by atoms with E-state index in [0.29, 0.717) is 6.54 Å². The summed E-state index contributed by atoms with van der Waals surface area (Å²) in [6.07, 6.45) is 3.47. The predicted molar refractivity (Wildman–Crippen MR) is 64.9 cm³/mol. The topological polar surface area (TPSA) is 51.2 Å². The molecule has 0 aliphatic heterocycles. The second-order valence-electron chi connectivity index (χ2n) is 3.98. The third kappa shape index (κ3) is 3.57. The molecule has 0 aliphatic rings. The Morgan fingerprint density at radius 1 is 1.56 bits per heavy atom. The van der Waals surface area contributed by atoms with E-state index in [4.69, 9.17) is 4.74 Å². The van der Waals surface area contributed by atoms with Crippen molar-refractivity contribution in [3.8, 4) is 0 Å². The summed E-state index contributed by atoms with van der Waals surface area (Å²) in [5.74, 6) is -0.282. The largest absolute Gasteiger partial charge is 0.468 e. The molecule has 88 valence electrons. The lowest BCUT2D eigenvalue weighted by Gasteiger charge is -2.23. The second-order valence-corrected chi connectivity index (χ2v) is 4.90. The van der Waals surface area contributed by atoms with Gasteiger partial charge in [0.25, 0.3) is 0 Å². The molecule has 0 aromatic carbocycles. The molecule has 0 radical (unpaired) electrons. The SMILES string of the molecule is COC(=O)C(C)(C)NCc1cncc(Br)c1. The zero-order valence-electron chi connectivity index (χ0n) is 9.58. The van der Waals surface area contributed by atoms with Gasteiger partial charge in [0.05, 0.1) is 7.11 Å². The first-order valence-corrected chi connectivity index (χ1v) is 5.68. The molecule has 1 rings (SSSR count). The summed E-state index contributed by atoms with van der Waals surface area (Å²) in [7, 11) is 1.38. The number of methoxy groups -OCH3 is 1. The number of carbonyl (C=O) groups excluding carboxylic acids is 1. The molecule has 0 atom stereocenters. The number of hydrogen-bond donors (Lipinski definition) is 1. The van der Waals surface area contributed by atoms with Crippen molar-refractivity contribution in [2.75, 3.05) is 7.11 Å². The van der Waals surface area contributed by atoms with Crippen LogP contribution in [-0.2, 0) is 16.1 Å². The van der Waals surface area contributed by atoms with E-state index in [1.165, 1.54) is 7.11 Å². The average molecular weight is 287 g/mol. The Kier molecular flexibility index (Phi) is 4.44. The molecule has 1 aromatic rings. The molecule has 0 bridgehead atoms. The minimum Gasteiger partial charge on any atom is -0.468 e. The van der Waals surface area contributed by atoms with Gasteiger partial charge in [-0.2, -0.15) is 0 Å². The lowest BCUT2D eigenvalue weighted by molar-refractivity contribution is -0.147. The normalized spacial score (nSPS) is 11.2. The van der Waals surface area contributed by atoms with Gasteiger partial charge in [-0.15, -0.1) is 0 Å². The molecule has 0 saturated carbocycles. The van der Waals surface area contributed by atoms with Crippen molar-refractivity contribution in [2.24, 2.45) is 0 Å². The Morgan fingerprint density at radius 2 is 2.25 bits per heavy atom. The van der Waals surface area contributed by atoms with Crippen molar-refractivity contribution in [3.63, 3.8) is 0 Å². The lowest BCUT2D eigenvalue weighted by atomic mass is 10.1. The number of pyridine rings is 1. The van der Waals surface area contributed by atoms with Gasteiger partial charge in [-0.1, -0.05) is 0 Å². The van der Waals surface area contributed by atoms with Crippen molar-refractivity contribution < 1.29 is 9.53 Å². The Bertz CT molecular complexity index is 380. The molecule has 1 N–H and O–H groups in total. The van der Waals surface area contributed by atoms with E-state index >= 15 is 0 Å². The molecule has 0 amide bonds. The van der Waals surface area contributed by atoms with Gasteiger partial charge < -0.3 is 4.74 Å². The van der Waals surface area contributed by atoms with Crippen molar-refractivity contribution in [2.45, 2.75) is 25.9 Å². The van der Waals surface area contributed by atoms with Crippen LogP contribution in [-0.4, -0.2) is 23.6 Å². The summed E-state index contributed by atoms with van der Waals surface area (Å²) in [6.45, 7) is 4.13. The van der Waals surface area contributed by atoms with E-state index in [-0.39, 0.29) is 5.97 Å². The highest BCUT2D eigenvalue weighted by atomic mass is 79.9. The van der Waals surface area contributed by atoms with Gasteiger partial charge in [-0.3, -0.25) is 15.1 Å². The average Bonchev–Trinajstić information content (AvgIpc) is 2.25. The number of hydrogen-bond acceptors (Lipinski definition) is 4. The molecule has 0 saturated heterocycles. The highest BCUT2D eigenvalue weighted by Gasteiger charge is 2.27. The Morgan fingerprint density at radius 3 is 2.81 bits per heavy atom. The monoisotopic (exact) mass is 286 g/mol. The van der Waals surface area contributed by atoms with Crippen LogP contribution in [0.15, 0.2) is 22.9 Å². The zero-order valence-corrected chi connectivity index (χ0v) is 11.2. The Balaban J connectivity index is 2.61. The van der Waals surface area contributed by atoms with Crippen LogP contribution in [0, 0.1) is 0 Å². The standard InChI is InChI=1S/C11H15BrN2O2/c1-11(2,10(15)16-3)14-6-8-4-9(12)7-13-5-8/h4-5,7,14H,6H2,1-3H3. The summed E-state index contributed by atoms with van der Waals surface area (Å²) in [4.78, 5) is 15.5. The minimum atomic E-state index is -0.697. The van der Waals surface area contributed by atoms with E-state index in [0.717, 1.165) is 10.0 Å². The number of carbonyl (C=O) groups is 1. The van der Waals surface area contributed by atoms with Crippen LogP contribution in [0.25, 0.3) is 0 Å². The predicted octanol–water partition coefficient (Wildman–Crippen LogP) is 1.89. The van der Waals surface area contributed by atoms with Crippen molar-refractivity contribution >= 4 is 21.9 Å².